The van der Waals surface area contributed by atoms with Crippen molar-refractivity contribution >= 4 is 43.2 Å². The van der Waals surface area contributed by atoms with Crippen molar-refractivity contribution < 1.29 is 5.11 Å². The fourth-order valence-electron chi connectivity index (χ4n) is 1.73. The Bertz CT molecular complexity index is 548. The molecule has 2 rings (SSSR count). The Labute approximate surface area is 122 Å². The van der Waals surface area contributed by atoms with Gasteiger partial charge >= 0.3 is 0 Å². The molecule has 1 N–H and O–H groups in total. The van der Waals surface area contributed by atoms with E-state index in [-0.39, 0.29) is 0 Å². The van der Waals surface area contributed by atoms with Gasteiger partial charge in [-0.05, 0) is 64.7 Å². The molecule has 0 radical (unpaired) electrons. The zero-order valence-electron chi connectivity index (χ0n) is 9.50. The molecular formula is C13H12Br2OS. The highest BCUT2D eigenvalue weighted by atomic mass is 79.9. The molecule has 90 valence electrons. The average Bonchev–Trinajstić information content (AvgIpc) is 2.69. The molecule has 1 aromatic heterocycles. The van der Waals surface area contributed by atoms with Gasteiger partial charge in [0.25, 0.3) is 0 Å². The molecule has 1 heterocycles. The Kier molecular flexibility index (Phi) is 4.08. The third-order valence-electron chi connectivity index (χ3n) is 2.71. The van der Waals surface area contributed by atoms with Crippen LogP contribution in [0.3, 0.4) is 0 Å². The fourth-order valence-corrected chi connectivity index (χ4v) is 3.61. The van der Waals surface area contributed by atoms with Crippen molar-refractivity contribution in [1.29, 1.82) is 0 Å². The van der Waals surface area contributed by atoms with E-state index in [9.17, 15) is 5.11 Å². The lowest BCUT2D eigenvalue weighted by atomic mass is 10.00. The molecule has 1 atom stereocenters. The molecule has 0 amide bonds. The van der Waals surface area contributed by atoms with Crippen molar-refractivity contribution in [3.05, 3.63) is 54.1 Å². The summed E-state index contributed by atoms with van der Waals surface area (Å²) in [7, 11) is 0. The van der Waals surface area contributed by atoms with Crippen LogP contribution < -0.4 is 0 Å². The van der Waals surface area contributed by atoms with Gasteiger partial charge in [0.2, 0.25) is 0 Å². The van der Waals surface area contributed by atoms with Crippen LogP contribution in [-0.4, -0.2) is 5.11 Å². The quantitative estimate of drug-likeness (QED) is 0.785. The van der Waals surface area contributed by atoms with E-state index >= 15 is 0 Å². The number of hydrogen-bond donors (Lipinski definition) is 1. The second-order valence-corrected chi connectivity index (χ2v) is 7.35. The summed E-state index contributed by atoms with van der Waals surface area (Å²) in [4.78, 5) is 0.960. The van der Waals surface area contributed by atoms with Crippen LogP contribution in [0.5, 0.6) is 0 Å². The van der Waals surface area contributed by atoms with Gasteiger partial charge in [-0.25, -0.2) is 0 Å². The molecule has 17 heavy (non-hydrogen) atoms. The number of rotatable bonds is 2. The van der Waals surface area contributed by atoms with Gasteiger partial charge in [-0.2, -0.15) is 0 Å². The summed E-state index contributed by atoms with van der Waals surface area (Å²) in [6.45, 7) is 4.05. The highest BCUT2D eigenvalue weighted by Gasteiger charge is 2.16. The molecule has 0 saturated carbocycles. The van der Waals surface area contributed by atoms with E-state index in [1.807, 2.05) is 32.0 Å². The summed E-state index contributed by atoms with van der Waals surface area (Å²) < 4.78 is 2.12. The van der Waals surface area contributed by atoms with Crippen LogP contribution in [0.4, 0.5) is 0 Å². The van der Waals surface area contributed by atoms with Gasteiger partial charge in [-0.15, -0.1) is 11.3 Å². The maximum atomic E-state index is 10.4. The Morgan fingerprint density at radius 3 is 2.41 bits per heavy atom. The number of aryl methyl sites for hydroxylation is 2. The third kappa shape index (κ3) is 2.81. The molecule has 0 aliphatic carbocycles. The first-order valence-electron chi connectivity index (χ1n) is 5.19. The minimum Gasteiger partial charge on any atom is -0.383 e. The van der Waals surface area contributed by atoms with Crippen molar-refractivity contribution in [1.82, 2.24) is 0 Å². The van der Waals surface area contributed by atoms with Crippen molar-refractivity contribution in [2.24, 2.45) is 0 Å². The highest BCUT2D eigenvalue weighted by Crippen LogP contribution is 2.34. The summed E-state index contributed by atoms with van der Waals surface area (Å²) in [5.74, 6) is 0. The van der Waals surface area contributed by atoms with E-state index in [1.54, 1.807) is 11.3 Å². The van der Waals surface area contributed by atoms with Crippen LogP contribution in [0.1, 0.15) is 27.7 Å². The van der Waals surface area contributed by atoms with E-state index in [0.717, 1.165) is 29.8 Å². The van der Waals surface area contributed by atoms with E-state index in [1.165, 1.54) is 0 Å². The predicted molar refractivity (Wildman–Crippen MR) is 79.7 cm³/mol. The minimum atomic E-state index is -0.543. The first-order chi connectivity index (χ1) is 7.99. The lowest BCUT2D eigenvalue weighted by Gasteiger charge is -2.14. The monoisotopic (exact) mass is 374 g/mol. The molecule has 4 heteroatoms. The lowest BCUT2D eigenvalue weighted by Crippen LogP contribution is -2.00. The first-order valence-corrected chi connectivity index (χ1v) is 7.59. The number of aliphatic hydroxyl groups is 1. The molecular weight excluding hydrogens is 364 g/mol. The van der Waals surface area contributed by atoms with Gasteiger partial charge in [0.05, 0.1) is 3.79 Å². The zero-order chi connectivity index (χ0) is 12.6. The topological polar surface area (TPSA) is 20.2 Å². The summed E-state index contributed by atoms with van der Waals surface area (Å²) in [6, 6.07) is 8.01. The van der Waals surface area contributed by atoms with Gasteiger partial charge in [0.1, 0.15) is 6.10 Å². The van der Waals surface area contributed by atoms with Crippen molar-refractivity contribution in [3.63, 3.8) is 0 Å². The zero-order valence-corrected chi connectivity index (χ0v) is 13.5. The summed E-state index contributed by atoms with van der Waals surface area (Å²) in [6.07, 6.45) is -0.543. The highest BCUT2D eigenvalue weighted by molar-refractivity contribution is 9.11. The van der Waals surface area contributed by atoms with Crippen LogP contribution in [0.2, 0.25) is 0 Å². The summed E-state index contributed by atoms with van der Waals surface area (Å²) >= 11 is 8.49. The average molecular weight is 376 g/mol. The van der Waals surface area contributed by atoms with Gasteiger partial charge < -0.3 is 5.11 Å². The molecule has 0 aliphatic heterocycles. The first kappa shape index (κ1) is 13.3. The van der Waals surface area contributed by atoms with Crippen LogP contribution >= 0.6 is 43.2 Å². The standard InChI is InChI=1S/C13H12Br2OS/c1-7-6-10(14)8(2)5-9(7)13(16)11-3-4-12(15)17-11/h3-6,13,16H,1-2H3. The van der Waals surface area contributed by atoms with Crippen molar-refractivity contribution in [2.75, 3.05) is 0 Å². The van der Waals surface area contributed by atoms with Gasteiger partial charge in [0.15, 0.2) is 0 Å². The Hall–Kier alpha value is -0.160. The normalized spacial score (nSPS) is 12.8. The summed E-state index contributed by atoms with van der Waals surface area (Å²) in [5.41, 5.74) is 3.21. The molecule has 0 bridgehead atoms. The SMILES string of the molecule is Cc1cc(C(O)c2ccc(Br)s2)c(C)cc1Br. The van der Waals surface area contributed by atoms with E-state index < -0.39 is 6.10 Å². The second kappa shape index (κ2) is 5.22. The Morgan fingerprint density at radius 2 is 1.82 bits per heavy atom. The Balaban J connectivity index is 2.43. The van der Waals surface area contributed by atoms with Crippen LogP contribution in [-0.2, 0) is 0 Å². The largest absolute Gasteiger partial charge is 0.383 e. The predicted octanol–water partition coefficient (Wildman–Crippen LogP) is 4.97. The molecule has 2 aromatic rings. The fraction of sp³-hybridized carbons (Fsp3) is 0.231. The van der Waals surface area contributed by atoms with E-state index in [4.69, 9.17) is 0 Å². The maximum Gasteiger partial charge on any atom is 0.113 e. The minimum absolute atomic E-state index is 0.543. The lowest BCUT2D eigenvalue weighted by molar-refractivity contribution is 0.223. The van der Waals surface area contributed by atoms with Gasteiger partial charge in [-0.3, -0.25) is 0 Å². The van der Waals surface area contributed by atoms with Gasteiger partial charge in [-0.1, -0.05) is 22.0 Å². The van der Waals surface area contributed by atoms with Crippen LogP contribution in [0.15, 0.2) is 32.5 Å². The maximum absolute atomic E-state index is 10.4. The Morgan fingerprint density at radius 1 is 1.12 bits per heavy atom. The van der Waals surface area contributed by atoms with Crippen LogP contribution in [0, 0.1) is 13.8 Å². The molecule has 0 fully saturated rings. The van der Waals surface area contributed by atoms with Crippen molar-refractivity contribution in [2.45, 2.75) is 20.0 Å². The number of halogens is 2. The molecule has 1 aromatic carbocycles. The molecule has 1 unspecified atom stereocenters. The third-order valence-corrected chi connectivity index (χ3v) is 5.24. The smallest absolute Gasteiger partial charge is 0.113 e. The number of benzene rings is 1. The molecule has 0 spiro atoms. The summed E-state index contributed by atoms with van der Waals surface area (Å²) in [5, 5.41) is 10.4. The van der Waals surface area contributed by atoms with E-state index in [0.29, 0.717) is 0 Å². The van der Waals surface area contributed by atoms with Gasteiger partial charge in [0, 0.05) is 9.35 Å². The molecule has 0 saturated heterocycles. The number of hydrogen-bond acceptors (Lipinski definition) is 2. The van der Waals surface area contributed by atoms with Crippen LogP contribution in [0.25, 0.3) is 0 Å². The number of thiophene rings is 1. The van der Waals surface area contributed by atoms with E-state index in [2.05, 4.69) is 37.9 Å². The molecule has 0 aliphatic rings. The second-order valence-electron chi connectivity index (χ2n) is 4.00. The van der Waals surface area contributed by atoms with Crippen molar-refractivity contribution in [3.8, 4) is 0 Å². The number of aliphatic hydroxyl groups excluding tert-OH is 1. The molecule has 1 nitrogen and oxygen atoms in total.